The highest BCUT2D eigenvalue weighted by Crippen LogP contribution is 2.55. The van der Waals surface area contributed by atoms with Gasteiger partial charge in [0.2, 0.25) is 0 Å². The maximum atomic E-state index is 14.5. The Morgan fingerprint density at radius 1 is 1.02 bits per heavy atom. The number of aromatic nitrogens is 1. The van der Waals surface area contributed by atoms with Gasteiger partial charge < -0.3 is 24.4 Å². The van der Waals surface area contributed by atoms with E-state index in [1.54, 1.807) is 58.0 Å². The maximum Gasteiger partial charge on any atom is 0.387 e. The molecule has 2 aromatic carbocycles. The second kappa shape index (κ2) is 13.6. The molecule has 1 aliphatic heterocycles. The molecule has 1 N–H and O–H groups in total. The van der Waals surface area contributed by atoms with Crippen LogP contribution in [-0.2, 0) is 9.53 Å². The second-order valence-corrected chi connectivity index (χ2v) is 14.8. The van der Waals surface area contributed by atoms with Gasteiger partial charge in [0.1, 0.15) is 17.5 Å². The molecule has 0 radical (unpaired) electrons. The van der Waals surface area contributed by atoms with Crippen molar-refractivity contribution in [2.75, 3.05) is 18.0 Å². The summed E-state index contributed by atoms with van der Waals surface area (Å²) in [6.07, 6.45) is 0.855. The van der Waals surface area contributed by atoms with Crippen LogP contribution in [0.2, 0.25) is 0 Å². The van der Waals surface area contributed by atoms with Crippen LogP contribution in [0.25, 0.3) is 10.9 Å². The Labute approximate surface area is 292 Å². The number of nitrogens with zero attached hydrogens (tertiary/aromatic N) is 2. The summed E-state index contributed by atoms with van der Waals surface area (Å²) in [7, 11) is 0. The Bertz CT molecular complexity index is 1710. The third-order valence-corrected chi connectivity index (χ3v) is 9.85. The molecule has 2 heterocycles. The van der Waals surface area contributed by atoms with E-state index in [0.717, 1.165) is 0 Å². The van der Waals surface area contributed by atoms with E-state index in [4.69, 9.17) is 14.2 Å². The molecule has 1 aromatic heterocycles. The summed E-state index contributed by atoms with van der Waals surface area (Å²) in [6, 6.07) is 11.3. The number of pyridine rings is 1. The van der Waals surface area contributed by atoms with E-state index in [2.05, 4.69) is 26.2 Å². The van der Waals surface area contributed by atoms with Gasteiger partial charge in [-0.05, 0) is 83.7 Å². The van der Waals surface area contributed by atoms with Gasteiger partial charge in [0.25, 0.3) is 11.8 Å². The van der Waals surface area contributed by atoms with E-state index in [-0.39, 0.29) is 29.5 Å². The highest BCUT2D eigenvalue weighted by molar-refractivity contribution is 9.10. The predicted octanol–water partition coefficient (Wildman–Crippen LogP) is 8.61. The number of ether oxygens (including phenoxy) is 3. The van der Waals surface area contributed by atoms with Crippen LogP contribution in [0, 0.1) is 12.3 Å². The number of hydrogen-bond donors (Lipinski definition) is 1. The first-order valence-corrected chi connectivity index (χ1v) is 17.3. The molecule has 3 saturated carbocycles. The van der Waals surface area contributed by atoms with Crippen LogP contribution in [0.1, 0.15) is 82.6 Å². The number of alkyl halides is 4. The summed E-state index contributed by atoms with van der Waals surface area (Å²) in [5, 5.41) is 3.76. The van der Waals surface area contributed by atoms with Gasteiger partial charge >= 0.3 is 12.6 Å². The minimum absolute atomic E-state index is 0.0498. The first-order valence-electron chi connectivity index (χ1n) is 16.5. The molecule has 266 valence electrons. The quantitative estimate of drug-likeness (QED) is 0.182. The molecule has 3 aromatic rings. The van der Waals surface area contributed by atoms with E-state index in [9.17, 15) is 27.2 Å². The van der Waals surface area contributed by atoms with Crippen molar-refractivity contribution in [1.82, 2.24) is 10.3 Å². The van der Waals surface area contributed by atoms with Gasteiger partial charge in [-0.3, -0.25) is 9.59 Å². The van der Waals surface area contributed by atoms with E-state index in [1.807, 2.05) is 13.8 Å². The largest absolute Gasteiger partial charge is 0.484 e. The number of para-hydroxylation sites is 2. The third kappa shape index (κ3) is 7.46. The van der Waals surface area contributed by atoms with Gasteiger partial charge in [0.05, 0.1) is 35.1 Å². The molecule has 1 saturated heterocycles. The minimum Gasteiger partial charge on any atom is -0.484 e. The van der Waals surface area contributed by atoms with Crippen LogP contribution in [0.3, 0.4) is 0 Å². The topological polar surface area (TPSA) is 90.0 Å². The van der Waals surface area contributed by atoms with Crippen LogP contribution < -0.4 is 19.7 Å². The fourth-order valence-electron chi connectivity index (χ4n) is 7.05. The minimum atomic E-state index is -3.09. The summed E-state index contributed by atoms with van der Waals surface area (Å²) in [5.41, 5.74) is -1.44. The lowest BCUT2D eigenvalue weighted by Gasteiger charge is -2.56. The van der Waals surface area contributed by atoms with Gasteiger partial charge in [-0.15, -0.1) is 0 Å². The number of esters is 1. The van der Waals surface area contributed by atoms with Crippen molar-refractivity contribution in [2.45, 2.75) is 103 Å². The van der Waals surface area contributed by atoms with Gasteiger partial charge in [-0.2, -0.15) is 8.78 Å². The first kappa shape index (κ1) is 36.7. The second-order valence-electron chi connectivity index (χ2n) is 13.8. The lowest BCUT2D eigenvalue weighted by Crippen LogP contribution is -2.67. The SMILES string of the molecule is CC.Cc1c(N2CC(F)(F)C2)nc2ccc(Br)cc2c1C(=O)NC12CCC(C(=O)OC(C)(C)C)(CC1)CC2Oc1ccccc1OC(F)F. The number of amides is 1. The highest BCUT2D eigenvalue weighted by atomic mass is 79.9. The van der Waals surface area contributed by atoms with Crippen molar-refractivity contribution in [3.05, 3.63) is 58.1 Å². The highest BCUT2D eigenvalue weighted by Gasteiger charge is 2.60. The normalized spacial score (nSPS) is 24.1. The van der Waals surface area contributed by atoms with Gasteiger partial charge in [-0.1, -0.05) is 41.9 Å². The van der Waals surface area contributed by atoms with Crippen LogP contribution in [0.5, 0.6) is 11.5 Å². The number of nitrogens with one attached hydrogen (secondary N) is 1. The molecular formula is C36H42BrF4N3O5. The Hall–Kier alpha value is -3.61. The number of benzene rings is 2. The molecule has 49 heavy (non-hydrogen) atoms. The van der Waals surface area contributed by atoms with Crippen LogP contribution in [-0.4, -0.2) is 59.7 Å². The predicted molar refractivity (Wildman–Crippen MR) is 182 cm³/mol. The Morgan fingerprint density at radius 3 is 2.24 bits per heavy atom. The smallest absolute Gasteiger partial charge is 0.387 e. The number of carbonyl (C=O) groups is 2. The molecule has 1 atom stereocenters. The molecule has 1 unspecified atom stereocenters. The molecule has 2 bridgehead atoms. The van der Waals surface area contributed by atoms with Crippen LogP contribution in [0.15, 0.2) is 46.9 Å². The number of anilines is 1. The molecule has 7 rings (SSSR count). The summed E-state index contributed by atoms with van der Waals surface area (Å²) in [6.45, 7) is 6.96. The number of halogens is 5. The average molecular weight is 753 g/mol. The summed E-state index contributed by atoms with van der Waals surface area (Å²) in [5.74, 6) is -3.49. The molecule has 4 fully saturated rings. The molecule has 0 spiro atoms. The van der Waals surface area contributed by atoms with Gasteiger partial charge in [0.15, 0.2) is 11.5 Å². The number of hydrogen-bond acceptors (Lipinski definition) is 7. The fourth-order valence-corrected chi connectivity index (χ4v) is 7.41. The van der Waals surface area contributed by atoms with E-state index >= 15 is 0 Å². The Morgan fingerprint density at radius 2 is 1.65 bits per heavy atom. The van der Waals surface area contributed by atoms with Crippen molar-refractivity contribution in [3.8, 4) is 11.5 Å². The third-order valence-electron chi connectivity index (χ3n) is 9.36. The average Bonchev–Trinajstić information content (AvgIpc) is 3.01. The number of carbonyl (C=O) groups excluding carboxylic acids is 2. The van der Waals surface area contributed by atoms with Crippen molar-refractivity contribution in [3.63, 3.8) is 0 Å². The van der Waals surface area contributed by atoms with Crippen molar-refractivity contribution >= 4 is 44.5 Å². The maximum absolute atomic E-state index is 14.5. The molecule has 8 nitrogen and oxygen atoms in total. The molecule has 3 aliphatic carbocycles. The van der Waals surface area contributed by atoms with Crippen LogP contribution >= 0.6 is 15.9 Å². The summed E-state index contributed by atoms with van der Waals surface area (Å²) < 4.78 is 72.0. The zero-order valence-corrected chi connectivity index (χ0v) is 30.1. The van der Waals surface area contributed by atoms with E-state index in [1.165, 1.54) is 17.0 Å². The molecular weight excluding hydrogens is 710 g/mol. The fraction of sp³-hybridized carbons (Fsp3) is 0.528. The Balaban J connectivity index is 0.00000230. The van der Waals surface area contributed by atoms with Crippen molar-refractivity contribution in [1.29, 1.82) is 0 Å². The zero-order chi connectivity index (χ0) is 35.9. The molecule has 1 amide bonds. The zero-order valence-electron chi connectivity index (χ0n) is 28.5. The lowest BCUT2D eigenvalue weighted by atomic mass is 9.55. The van der Waals surface area contributed by atoms with Crippen LogP contribution in [0.4, 0.5) is 23.4 Å². The molecule has 13 heteroatoms. The first-order chi connectivity index (χ1) is 23.0. The van der Waals surface area contributed by atoms with Crippen molar-refractivity contribution in [2.24, 2.45) is 5.41 Å². The standard InChI is InChI=1S/C34H36BrF4N3O5.C2H6/c1-19-26(21-15-20(35)9-10-22(21)40-27(19)42-17-34(38,39)18-42)28(43)41-33-13-11-32(12-14-33,29(44)47-31(2,3)4)16-25(33)45-23-7-5-6-8-24(23)46-30(36)37;1-2/h5-10,15,25,30H,11-14,16-18H2,1-4H3,(H,41,43);1-2H3. The Kier molecular flexibility index (Phi) is 10.2. The summed E-state index contributed by atoms with van der Waals surface area (Å²) in [4.78, 5) is 34.2. The van der Waals surface area contributed by atoms with Gasteiger partial charge in [-0.25, -0.2) is 13.8 Å². The van der Waals surface area contributed by atoms with E-state index in [0.29, 0.717) is 52.4 Å². The monoisotopic (exact) mass is 751 g/mol. The lowest BCUT2D eigenvalue weighted by molar-refractivity contribution is -0.181. The summed E-state index contributed by atoms with van der Waals surface area (Å²) >= 11 is 3.47. The van der Waals surface area contributed by atoms with Gasteiger partial charge in [0, 0.05) is 21.8 Å². The molecule has 4 aliphatic rings. The number of fused-ring (bicyclic) bond motifs is 4. The number of rotatable bonds is 8. The van der Waals surface area contributed by atoms with E-state index < -0.39 is 54.2 Å². The van der Waals surface area contributed by atoms with Crippen molar-refractivity contribution < 1.29 is 41.4 Å².